The van der Waals surface area contributed by atoms with Crippen LogP contribution in [0.2, 0.25) is 0 Å². The van der Waals surface area contributed by atoms with Crippen LogP contribution in [-0.4, -0.2) is 9.97 Å². The molecule has 0 fully saturated rings. The quantitative estimate of drug-likeness (QED) is 0.854. The van der Waals surface area contributed by atoms with E-state index in [4.69, 9.17) is 0 Å². The van der Waals surface area contributed by atoms with Crippen molar-refractivity contribution in [2.24, 2.45) is 0 Å². The van der Waals surface area contributed by atoms with E-state index in [1.165, 1.54) is 5.56 Å². The van der Waals surface area contributed by atoms with Crippen molar-refractivity contribution in [2.75, 3.05) is 0 Å². The minimum absolute atomic E-state index is 0.866. The number of nitrogens with one attached hydrogen (secondary N) is 1. The molecule has 0 atom stereocenters. The lowest BCUT2D eigenvalue weighted by molar-refractivity contribution is 1.10. The molecule has 0 amide bonds. The molecule has 13 heavy (non-hydrogen) atoms. The second-order valence-electron chi connectivity index (χ2n) is 2.83. The molecule has 0 saturated heterocycles. The minimum Gasteiger partial charge on any atom is -0.351 e. The Bertz CT molecular complexity index is 382. The van der Waals surface area contributed by atoms with Gasteiger partial charge in [-0.2, -0.15) is 0 Å². The van der Waals surface area contributed by atoms with Gasteiger partial charge in [-0.1, -0.05) is 34.1 Å². The Morgan fingerprint density at radius 2 is 2.15 bits per heavy atom. The van der Waals surface area contributed by atoms with Gasteiger partial charge in [-0.3, -0.25) is 0 Å². The van der Waals surface area contributed by atoms with Gasteiger partial charge in [0.05, 0.1) is 12.0 Å². The topological polar surface area (TPSA) is 28.7 Å². The maximum Gasteiger partial charge on any atom is 0.0923 e. The summed E-state index contributed by atoms with van der Waals surface area (Å²) in [6.07, 6.45) is 4.48. The SMILES string of the molecule is Brc1ccccc1Cc1c[nH]cn1. The van der Waals surface area contributed by atoms with E-state index in [1.54, 1.807) is 6.33 Å². The molecular formula is C10H9BrN2. The lowest BCUT2D eigenvalue weighted by Crippen LogP contribution is -1.88. The molecule has 0 spiro atoms. The summed E-state index contributed by atoms with van der Waals surface area (Å²) in [6, 6.07) is 8.19. The summed E-state index contributed by atoms with van der Waals surface area (Å²) >= 11 is 3.50. The molecular weight excluding hydrogens is 228 g/mol. The molecule has 1 aromatic heterocycles. The number of rotatable bonds is 2. The second-order valence-corrected chi connectivity index (χ2v) is 3.68. The maximum atomic E-state index is 4.18. The molecule has 0 unspecified atom stereocenters. The summed E-state index contributed by atoms with van der Waals surface area (Å²) < 4.78 is 1.14. The molecule has 1 aromatic carbocycles. The van der Waals surface area contributed by atoms with Gasteiger partial charge in [-0.15, -0.1) is 0 Å². The van der Waals surface area contributed by atoms with Crippen LogP contribution in [0, 0.1) is 0 Å². The van der Waals surface area contributed by atoms with E-state index in [2.05, 4.69) is 32.0 Å². The number of aromatic nitrogens is 2. The van der Waals surface area contributed by atoms with Crippen LogP contribution in [0.25, 0.3) is 0 Å². The van der Waals surface area contributed by atoms with Crippen molar-refractivity contribution in [3.05, 3.63) is 52.5 Å². The largest absolute Gasteiger partial charge is 0.351 e. The summed E-state index contributed by atoms with van der Waals surface area (Å²) in [7, 11) is 0. The molecule has 0 bridgehead atoms. The summed E-state index contributed by atoms with van der Waals surface area (Å²) in [5.74, 6) is 0. The van der Waals surface area contributed by atoms with Gasteiger partial charge >= 0.3 is 0 Å². The molecule has 66 valence electrons. The van der Waals surface area contributed by atoms with Gasteiger partial charge < -0.3 is 4.98 Å². The zero-order valence-electron chi connectivity index (χ0n) is 7.00. The molecule has 3 heteroatoms. The number of halogens is 1. The van der Waals surface area contributed by atoms with E-state index in [-0.39, 0.29) is 0 Å². The third kappa shape index (κ3) is 1.98. The van der Waals surface area contributed by atoms with Crippen molar-refractivity contribution < 1.29 is 0 Å². The van der Waals surface area contributed by atoms with Crippen LogP contribution in [-0.2, 0) is 6.42 Å². The number of benzene rings is 1. The fourth-order valence-electron chi connectivity index (χ4n) is 1.22. The molecule has 0 aliphatic carbocycles. The smallest absolute Gasteiger partial charge is 0.0923 e. The van der Waals surface area contributed by atoms with Gasteiger partial charge in [0.15, 0.2) is 0 Å². The molecule has 0 aliphatic rings. The summed E-state index contributed by atoms with van der Waals surface area (Å²) in [5.41, 5.74) is 2.32. The highest BCUT2D eigenvalue weighted by atomic mass is 79.9. The number of nitrogens with zero attached hydrogens (tertiary/aromatic N) is 1. The van der Waals surface area contributed by atoms with Gasteiger partial charge in [0.1, 0.15) is 0 Å². The average molecular weight is 237 g/mol. The Balaban J connectivity index is 2.24. The zero-order chi connectivity index (χ0) is 9.10. The van der Waals surface area contributed by atoms with Crippen LogP contribution in [0.1, 0.15) is 11.3 Å². The molecule has 0 aliphatic heterocycles. The molecule has 2 rings (SSSR count). The van der Waals surface area contributed by atoms with Crippen LogP contribution in [0.15, 0.2) is 41.3 Å². The van der Waals surface area contributed by atoms with Crippen LogP contribution in [0.4, 0.5) is 0 Å². The standard InChI is InChI=1S/C10H9BrN2/c11-10-4-2-1-3-8(10)5-9-6-12-7-13-9/h1-4,6-7H,5H2,(H,12,13). The minimum atomic E-state index is 0.866. The summed E-state index contributed by atoms with van der Waals surface area (Å²) in [4.78, 5) is 7.12. The van der Waals surface area contributed by atoms with Crippen LogP contribution in [0.3, 0.4) is 0 Å². The van der Waals surface area contributed by atoms with E-state index < -0.39 is 0 Å². The van der Waals surface area contributed by atoms with Crippen molar-refractivity contribution in [3.63, 3.8) is 0 Å². The highest BCUT2D eigenvalue weighted by molar-refractivity contribution is 9.10. The van der Waals surface area contributed by atoms with Crippen molar-refractivity contribution in [3.8, 4) is 0 Å². The van der Waals surface area contributed by atoms with Crippen LogP contribution >= 0.6 is 15.9 Å². The fourth-order valence-corrected chi connectivity index (χ4v) is 1.65. The number of aromatic amines is 1. The van der Waals surface area contributed by atoms with Crippen molar-refractivity contribution in [2.45, 2.75) is 6.42 Å². The van der Waals surface area contributed by atoms with E-state index in [1.807, 2.05) is 24.4 Å². The van der Waals surface area contributed by atoms with E-state index >= 15 is 0 Å². The number of H-pyrrole nitrogens is 1. The van der Waals surface area contributed by atoms with Crippen molar-refractivity contribution >= 4 is 15.9 Å². The van der Waals surface area contributed by atoms with Crippen LogP contribution in [0.5, 0.6) is 0 Å². The highest BCUT2D eigenvalue weighted by Gasteiger charge is 2.00. The van der Waals surface area contributed by atoms with Gasteiger partial charge in [-0.05, 0) is 11.6 Å². The molecule has 2 nitrogen and oxygen atoms in total. The Morgan fingerprint density at radius 1 is 1.31 bits per heavy atom. The van der Waals surface area contributed by atoms with Crippen molar-refractivity contribution in [1.82, 2.24) is 9.97 Å². The molecule has 1 heterocycles. The van der Waals surface area contributed by atoms with Gasteiger partial charge in [-0.25, -0.2) is 4.98 Å². The van der Waals surface area contributed by atoms with E-state index in [9.17, 15) is 0 Å². The van der Waals surface area contributed by atoms with Crippen LogP contribution < -0.4 is 0 Å². The Kier molecular flexibility index (Phi) is 2.45. The van der Waals surface area contributed by atoms with E-state index in [0.717, 1.165) is 16.6 Å². The summed E-state index contributed by atoms with van der Waals surface area (Å²) in [6.45, 7) is 0. The molecule has 0 radical (unpaired) electrons. The first-order valence-corrected chi connectivity index (χ1v) is 4.86. The third-order valence-corrected chi connectivity index (χ3v) is 2.66. The Hall–Kier alpha value is -1.09. The first-order chi connectivity index (χ1) is 6.36. The van der Waals surface area contributed by atoms with E-state index in [0.29, 0.717) is 0 Å². The maximum absolute atomic E-state index is 4.18. The predicted molar refractivity (Wildman–Crippen MR) is 55.5 cm³/mol. The second kappa shape index (κ2) is 3.75. The fraction of sp³-hybridized carbons (Fsp3) is 0.100. The number of imidazole rings is 1. The monoisotopic (exact) mass is 236 g/mol. The molecule has 1 N–H and O–H groups in total. The highest BCUT2D eigenvalue weighted by Crippen LogP contribution is 2.18. The normalized spacial score (nSPS) is 10.2. The number of hydrogen-bond acceptors (Lipinski definition) is 1. The molecule has 0 saturated carbocycles. The average Bonchev–Trinajstić information content (AvgIpc) is 2.61. The van der Waals surface area contributed by atoms with Gasteiger partial charge in [0.25, 0.3) is 0 Å². The molecule has 2 aromatic rings. The van der Waals surface area contributed by atoms with Gasteiger partial charge in [0.2, 0.25) is 0 Å². The number of hydrogen-bond donors (Lipinski definition) is 1. The zero-order valence-corrected chi connectivity index (χ0v) is 8.58. The van der Waals surface area contributed by atoms with Crippen molar-refractivity contribution in [1.29, 1.82) is 0 Å². The Labute approximate surface area is 85.1 Å². The first kappa shape index (κ1) is 8.51. The first-order valence-electron chi connectivity index (χ1n) is 4.07. The predicted octanol–water partition coefficient (Wildman–Crippen LogP) is 2.76. The Morgan fingerprint density at radius 3 is 2.85 bits per heavy atom. The van der Waals surface area contributed by atoms with Gasteiger partial charge in [0, 0.05) is 17.1 Å². The third-order valence-electron chi connectivity index (χ3n) is 1.88. The lowest BCUT2D eigenvalue weighted by atomic mass is 10.1. The summed E-state index contributed by atoms with van der Waals surface area (Å²) in [5, 5.41) is 0. The lowest BCUT2D eigenvalue weighted by Gasteiger charge is -2.00.